The summed E-state index contributed by atoms with van der Waals surface area (Å²) >= 11 is 0. The molecule has 0 unspecified atom stereocenters. The Morgan fingerprint density at radius 2 is 1.84 bits per heavy atom. The molecule has 0 bridgehead atoms. The lowest BCUT2D eigenvalue weighted by Gasteiger charge is -2.36. The fraction of sp³-hybridized carbons (Fsp3) is 0.321. The predicted molar refractivity (Wildman–Crippen MR) is 140 cm³/mol. The molecule has 2 aliphatic heterocycles. The number of carbonyl (C=O) groups is 2. The number of urea groups is 1. The molecule has 3 amide bonds. The first-order valence-corrected chi connectivity index (χ1v) is 12.7. The van der Waals surface area contributed by atoms with Crippen LogP contribution < -0.4 is 0 Å². The van der Waals surface area contributed by atoms with E-state index in [0.29, 0.717) is 25.2 Å². The smallest absolute Gasteiger partial charge is 0.320 e. The number of fused-ring (bicyclic) bond motifs is 1. The number of amides is 3. The molecule has 188 valence electrons. The summed E-state index contributed by atoms with van der Waals surface area (Å²) in [5.41, 5.74) is 4.21. The molecule has 4 aromatic rings. The molecule has 0 radical (unpaired) electrons. The molecule has 3 aromatic heterocycles. The molecule has 9 heteroatoms. The van der Waals surface area contributed by atoms with Gasteiger partial charge in [-0.25, -0.2) is 14.8 Å². The van der Waals surface area contributed by atoms with Crippen molar-refractivity contribution < 1.29 is 9.59 Å². The Morgan fingerprint density at radius 3 is 2.59 bits per heavy atom. The highest BCUT2D eigenvalue weighted by atomic mass is 16.2. The average molecular weight is 496 g/mol. The lowest BCUT2D eigenvalue weighted by atomic mass is 10.0. The molecule has 0 saturated carbocycles. The number of hydrogen-bond donors (Lipinski definition) is 1. The number of nitrogens with one attached hydrogen (secondary N) is 1. The van der Waals surface area contributed by atoms with E-state index in [9.17, 15) is 9.59 Å². The van der Waals surface area contributed by atoms with Gasteiger partial charge in [0.1, 0.15) is 11.5 Å². The van der Waals surface area contributed by atoms with E-state index in [1.54, 1.807) is 17.3 Å². The number of rotatable bonds is 5. The van der Waals surface area contributed by atoms with E-state index < -0.39 is 0 Å². The first kappa shape index (κ1) is 23.1. The van der Waals surface area contributed by atoms with Gasteiger partial charge in [0.25, 0.3) is 5.91 Å². The maximum atomic E-state index is 13.2. The van der Waals surface area contributed by atoms with Crippen molar-refractivity contribution in [2.24, 2.45) is 0 Å². The summed E-state index contributed by atoms with van der Waals surface area (Å²) in [5, 5.41) is 0.988. The van der Waals surface area contributed by atoms with Crippen LogP contribution >= 0.6 is 0 Å². The van der Waals surface area contributed by atoms with Crippen LogP contribution in [-0.4, -0.2) is 85.8 Å². The van der Waals surface area contributed by atoms with E-state index in [4.69, 9.17) is 0 Å². The Morgan fingerprint density at radius 1 is 0.973 bits per heavy atom. The maximum absolute atomic E-state index is 13.2. The molecule has 0 aliphatic carbocycles. The van der Waals surface area contributed by atoms with Crippen molar-refractivity contribution >= 4 is 22.8 Å². The highest BCUT2D eigenvalue weighted by molar-refractivity contribution is 5.98. The maximum Gasteiger partial charge on any atom is 0.320 e. The van der Waals surface area contributed by atoms with E-state index in [1.807, 2.05) is 59.3 Å². The second kappa shape index (κ2) is 9.65. The predicted octanol–water partition coefficient (Wildman–Crippen LogP) is 3.58. The Bertz CT molecular complexity index is 1440. The summed E-state index contributed by atoms with van der Waals surface area (Å²) < 4.78 is 0. The normalized spacial score (nSPS) is 16.7. The van der Waals surface area contributed by atoms with Crippen LogP contribution in [0.3, 0.4) is 0 Å². The molecule has 37 heavy (non-hydrogen) atoms. The number of carbonyl (C=O) groups excluding carboxylic acids is 2. The van der Waals surface area contributed by atoms with Crippen LogP contribution in [0.4, 0.5) is 4.79 Å². The Hall–Kier alpha value is -4.27. The van der Waals surface area contributed by atoms with Gasteiger partial charge in [-0.1, -0.05) is 12.1 Å². The van der Waals surface area contributed by atoms with E-state index in [-0.39, 0.29) is 18.0 Å². The van der Waals surface area contributed by atoms with E-state index in [2.05, 4.69) is 26.0 Å². The highest BCUT2D eigenvalue weighted by Crippen LogP contribution is 2.24. The zero-order chi connectivity index (χ0) is 25.4. The number of H-pyrrole nitrogens is 1. The highest BCUT2D eigenvalue weighted by Gasteiger charge is 2.34. The molecule has 2 aliphatic rings. The number of likely N-dealkylation sites (N-methyl/N-ethyl adjacent to an activating group) is 1. The molecular formula is C28H29N7O2. The monoisotopic (exact) mass is 495 g/mol. The minimum atomic E-state index is 0.00691. The van der Waals surface area contributed by atoms with Gasteiger partial charge in [-0.15, -0.1) is 0 Å². The summed E-state index contributed by atoms with van der Waals surface area (Å²) in [4.78, 5) is 48.0. The fourth-order valence-corrected chi connectivity index (χ4v) is 5.29. The molecule has 9 nitrogen and oxygen atoms in total. The molecule has 2 fully saturated rings. The van der Waals surface area contributed by atoms with Crippen LogP contribution in [-0.2, 0) is 6.42 Å². The van der Waals surface area contributed by atoms with E-state index >= 15 is 0 Å². The van der Waals surface area contributed by atoms with Crippen molar-refractivity contribution in [3.63, 3.8) is 0 Å². The Labute approximate surface area is 215 Å². The number of aromatic amines is 1. The number of piperidine rings is 1. The number of benzene rings is 1. The SMILES string of the molecule is CN1CCN(C2CCN(C(=O)c3cc4cc(Cc5nccc(-c6ccccn6)n5)ccc4[nH]3)CC2)C1=O. The second-order valence-corrected chi connectivity index (χ2v) is 9.78. The van der Waals surface area contributed by atoms with Gasteiger partial charge in [0.05, 0.1) is 11.4 Å². The van der Waals surface area contributed by atoms with Gasteiger partial charge in [-0.2, -0.15) is 0 Å². The molecule has 0 atom stereocenters. The quantitative estimate of drug-likeness (QED) is 0.456. The van der Waals surface area contributed by atoms with Gasteiger partial charge in [0, 0.05) is 69.0 Å². The summed E-state index contributed by atoms with van der Waals surface area (Å²) in [6.07, 6.45) is 5.73. The zero-order valence-electron chi connectivity index (χ0n) is 20.8. The van der Waals surface area contributed by atoms with Crippen LogP contribution in [0.5, 0.6) is 0 Å². The van der Waals surface area contributed by atoms with Crippen LogP contribution in [0.25, 0.3) is 22.3 Å². The summed E-state index contributed by atoms with van der Waals surface area (Å²) in [6.45, 7) is 2.86. The number of aromatic nitrogens is 4. The van der Waals surface area contributed by atoms with E-state index in [1.165, 1.54) is 0 Å². The largest absolute Gasteiger partial charge is 0.351 e. The first-order valence-electron chi connectivity index (χ1n) is 12.7. The van der Waals surface area contributed by atoms with Gasteiger partial charge in [-0.3, -0.25) is 9.78 Å². The minimum Gasteiger partial charge on any atom is -0.351 e. The van der Waals surface area contributed by atoms with Gasteiger partial charge in [0.15, 0.2) is 0 Å². The fourth-order valence-electron chi connectivity index (χ4n) is 5.29. The molecule has 2 saturated heterocycles. The lowest BCUT2D eigenvalue weighted by Crippen LogP contribution is -2.47. The van der Waals surface area contributed by atoms with Crippen LogP contribution in [0, 0.1) is 0 Å². The summed E-state index contributed by atoms with van der Waals surface area (Å²) in [7, 11) is 1.84. The van der Waals surface area contributed by atoms with Crippen molar-refractivity contribution in [2.45, 2.75) is 25.3 Å². The number of pyridine rings is 1. The average Bonchev–Trinajstić information content (AvgIpc) is 3.51. The molecule has 1 N–H and O–H groups in total. The topological polar surface area (TPSA) is 98.3 Å². The Kier molecular flexibility index (Phi) is 6.04. The number of hydrogen-bond acceptors (Lipinski definition) is 5. The molecule has 5 heterocycles. The second-order valence-electron chi connectivity index (χ2n) is 9.78. The zero-order valence-corrected chi connectivity index (χ0v) is 20.8. The molecule has 1 aromatic carbocycles. The standard InChI is InChI=1S/C28H29N7O2/c1-33-14-15-35(28(33)37)21-8-12-34(13-9-21)27(36)25-18-20-16-19(5-6-22(20)31-25)17-26-30-11-7-24(32-26)23-4-2-3-10-29-23/h2-7,10-11,16,18,21,31H,8-9,12-15,17H2,1H3. The number of nitrogens with zero attached hydrogens (tertiary/aromatic N) is 6. The van der Waals surface area contributed by atoms with Crippen molar-refractivity contribution in [2.75, 3.05) is 33.2 Å². The van der Waals surface area contributed by atoms with Gasteiger partial charge in [-0.05, 0) is 54.8 Å². The summed E-state index contributed by atoms with van der Waals surface area (Å²) in [5.74, 6) is 0.729. The van der Waals surface area contributed by atoms with Crippen molar-refractivity contribution in [3.8, 4) is 11.4 Å². The van der Waals surface area contributed by atoms with Crippen LogP contribution in [0.2, 0.25) is 0 Å². The van der Waals surface area contributed by atoms with Gasteiger partial charge in [0.2, 0.25) is 0 Å². The lowest BCUT2D eigenvalue weighted by molar-refractivity contribution is 0.0659. The third-order valence-electron chi connectivity index (χ3n) is 7.35. The van der Waals surface area contributed by atoms with Crippen LogP contribution in [0.15, 0.2) is 60.9 Å². The molecule has 0 spiro atoms. The Balaban J connectivity index is 1.13. The number of likely N-dealkylation sites (tertiary alicyclic amines) is 1. The van der Waals surface area contributed by atoms with E-state index in [0.717, 1.165) is 59.6 Å². The summed E-state index contributed by atoms with van der Waals surface area (Å²) in [6, 6.07) is 16.0. The first-order chi connectivity index (χ1) is 18.0. The van der Waals surface area contributed by atoms with Gasteiger partial charge < -0.3 is 19.7 Å². The minimum absolute atomic E-state index is 0.00691. The molecular weight excluding hydrogens is 466 g/mol. The van der Waals surface area contributed by atoms with Crippen molar-refractivity contribution in [3.05, 3.63) is 78.0 Å². The van der Waals surface area contributed by atoms with Gasteiger partial charge >= 0.3 is 6.03 Å². The molecule has 6 rings (SSSR count). The van der Waals surface area contributed by atoms with Crippen LogP contribution in [0.1, 0.15) is 34.7 Å². The third kappa shape index (κ3) is 4.64. The third-order valence-corrected chi connectivity index (χ3v) is 7.35. The van der Waals surface area contributed by atoms with Crippen molar-refractivity contribution in [1.29, 1.82) is 0 Å². The van der Waals surface area contributed by atoms with Crippen molar-refractivity contribution in [1.82, 2.24) is 34.6 Å².